The molecule has 0 atom stereocenters. The summed E-state index contributed by atoms with van der Waals surface area (Å²) < 4.78 is 0. The Hall–Kier alpha value is -1.02. The van der Waals surface area contributed by atoms with Crippen molar-refractivity contribution in [3.8, 4) is 0 Å². The van der Waals surface area contributed by atoms with Crippen LogP contribution in [0.25, 0.3) is 0 Å². The first-order chi connectivity index (χ1) is 8.24. The first-order valence-electron chi connectivity index (χ1n) is 6.08. The molecule has 0 saturated carbocycles. The van der Waals surface area contributed by atoms with Gasteiger partial charge in [-0.25, -0.2) is 0 Å². The topological polar surface area (TPSA) is 37.3 Å². The fourth-order valence-corrected chi connectivity index (χ4v) is 2.09. The lowest BCUT2D eigenvalue weighted by Crippen LogP contribution is -2.03. The molecule has 2 nitrogen and oxygen atoms in total. The summed E-state index contributed by atoms with van der Waals surface area (Å²) in [5, 5.41) is 8.82. The molecule has 1 aromatic carbocycles. The number of carboxylic acid groups (broad SMARTS) is 1. The van der Waals surface area contributed by atoms with E-state index in [-0.39, 0.29) is 6.42 Å². The quantitative estimate of drug-likeness (QED) is 0.568. The highest BCUT2D eigenvalue weighted by Crippen LogP contribution is 2.14. The average Bonchev–Trinajstić information content (AvgIpc) is 2.30. The maximum atomic E-state index is 10.7. The van der Waals surface area contributed by atoms with Crippen LogP contribution in [0.3, 0.4) is 0 Å². The van der Waals surface area contributed by atoms with E-state index in [1.54, 1.807) is 0 Å². The zero-order valence-electron chi connectivity index (χ0n) is 9.99. The van der Waals surface area contributed by atoms with Crippen LogP contribution in [0.2, 0.25) is 0 Å². The van der Waals surface area contributed by atoms with Crippen molar-refractivity contribution >= 4 is 17.6 Å². The summed E-state index contributed by atoms with van der Waals surface area (Å²) in [5.74, 6) is -0.0325. The molecule has 0 amide bonds. The number of benzene rings is 1. The van der Waals surface area contributed by atoms with Crippen LogP contribution in [0.4, 0.5) is 0 Å². The highest BCUT2D eigenvalue weighted by atomic mass is 35.5. The van der Waals surface area contributed by atoms with E-state index in [0.29, 0.717) is 0 Å². The summed E-state index contributed by atoms with van der Waals surface area (Å²) >= 11 is 5.61. The summed E-state index contributed by atoms with van der Waals surface area (Å²) in [7, 11) is 0. The van der Waals surface area contributed by atoms with E-state index in [4.69, 9.17) is 16.7 Å². The van der Waals surface area contributed by atoms with Crippen LogP contribution in [0.15, 0.2) is 24.3 Å². The number of alkyl halides is 1. The van der Waals surface area contributed by atoms with Gasteiger partial charge in [-0.15, -0.1) is 11.6 Å². The molecular formula is C14H19ClO2. The Morgan fingerprint density at radius 2 is 1.71 bits per heavy atom. The van der Waals surface area contributed by atoms with Gasteiger partial charge < -0.3 is 5.11 Å². The molecule has 0 saturated heterocycles. The standard InChI is InChI=1S/C14H19ClO2/c15-10-6-2-1-3-7-12-8-4-5-9-13(12)11-14(16)17/h4-5,8-9H,1-3,6-7,10-11H2,(H,16,17). The molecule has 17 heavy (non-hydrogen) atoms. The number of hydrogen-bond acceptors (Lipinski definition) is 1. The van der Waals surface area contributed by atoms with Crippen molar-refractivity contribution in [2.45, 2.75) is 38.5 Å². The summed E-state index contributed by atoms with van der Waals surface area (Å²) in [6.07, 6.45) is 5.58. The van der Waals surface area contributed by atoms with E-state index in [2.05, 4.69) is 0 Å². The van der Waals surface area contributed by atoms with Crippen LogP contribution in [0.5, 0.6) is 0 Å². The predicted molar refractivity (Wildman–Crippen MR) is 70.7 cm³/mol. The second-order valence-electron chi connectivity index (χ2n) is 4.19. The molecule has 94 valence electrons. The molecule has 0 aromatic heterocycles. The normalized spacial score (nSPS) is 10.4. The number of aryl methyl sites for hydroxylation is 1. The highest BCUT2D eigenvalue weighted by molar-refractivity contribution is 6.17. The summed E-state index contributed by atoms with van der Waals surface area (Å²) in [4.78, 5) is 10.7. The molecule has 1 aromatic rings. The van der Waals surface area contributed by atoms with Gasteiger partial charge in [0.25, 0.3) is 0 Å². The SMILES string of the molecule is O=C(O)Cc1ccccc1CCCCCCCl. The molecular weight excluding hydrogens is 236 g/mol. The minimum absolute atomic E-state index is 0.123. The minimum atomic E-state index is -0.764. The van der Waals surface area contributed by atoms with Gasteiger partial charge in [-0.05, 0) is 30.4 Å². The molecule has 1 rings (SSSR count). The Morgan fingerprint density at radius 3 is 2.35 bits per heavy atom. The third-order valence-corrected chi connectivity index (χ3v) is 3.06. The first-order valence-corrected chi connectivity index (χ1v) is 6.62. The van der Waals surface area contributed by atoms with E-state index in [0.717, 1.165) is 43.5 Å². The number of carbonyl (C=O) groups is 1. The van der Waals surface area contributed by atoms with Crippen molar-refractivity contribution in [3.63, 3.8) is 0 Å². The zero-order valence-corrected chi connectivity index (χ0v) is 10.7. The number of rotatable bonds is 8. The van der Waals surface area contributed by atoms with Crippen LogP contribution >= 0.6 is 11.6 Å². The average molecular weight is 255 g/mol. The summed E-state index contributed by atoms with van der Waals surface area (Å²) in [5.41, 5.74) is 2.11. The molecule has 0 fully saturated rings. The van der Waals surface area contributed by atoms with Crippen molar-refractivity contribution in [2.75, 3.05) is 5.88 Å². The maximum Gasteiger partial charge on any atom is 0.307 e. The lowest BCUT2D eigenvalue weighted by Gasteiger charge is -2.07. The molecule has 0 spiro atoms. The van der Waals surface area contributed by atoms with Crippen LogP contribution in [-0.2, 0) is 17.6 Å². The molecule has 0 bridgehead atoms. The third kappa shape index (κ3) is 5.73. The Labute approximate surface area is 108 Å². The molecule has 1 N–H and O–H groups in total. The van der Waals surface area contributed by atoms with Gasteiger partial charge in [-0.1, -0.05) is 37.1 Å². The Bertz CT molecular complexity index is 350. The van der Waals surface area contributed by atoms with Crippen LogP contribution in [0.1, 0.15) is 36.8 Å². The van der Waals surface area contributed by atoms with Crippen LogP contribution in [-0.4, -0.2) is 17.0 Å². The molecule has 0 radical (unpaired) electrons. The maximum absolute atomic E-state index is 10.7. The molecule has 3 heteroatoms. The molecule has 0 aliphatic rings. The Balaban J connectivity index is 2.43. The van der Waals surface area contributed by atoms with Gasteiger partial charge in [0.2, 0.25) is 0 Å². The number of unbranched alkanes of at least 4 members (excludes halogenated alkanes) is 3. The lowest BCUT2D eigenvalue weighted by molar-refractivity contribution is -0.136. The summed E-state index contributed by atoms with van der Waals surface area (Å²) in [6, 6.07) is 7.80. The third-order valence-electron chi connectivity index (χ3n) is 2.79. The second-order valence-corrected chi connectivity index (χ2v) is 4.57. The van der Waals surface area contributed by atoms with Gasteiger partial charge in [-0.3, -0.25) is 4.79 Å². The largest absolute Gasteiger partial charge is 0.481 e. The van der Waals surface area contributed by atoms with Gasteiger partial charge >= 0.3 is 5.97 Å². The zero-order chi connectivity index (χ0) is 12.5. The number of hydrogen-bond donors (Lipinski definition) is 1. The van der Waals surface area contributed by atoms with Gasteiger partial charge in [0.15, 0.2) is 0 Å². The first kappa shape index (κ1) is 14.0. The van der Waals surface area contributed by atoms with Crippen molar-refractivity contribution in [3.05, 3.63) is 35.4 Å². The van der Waals surface area contributed by atoms with Crippen molar-refractivity contribution in [1.29, 1.82) is 0 Å². The van der Waals surface area contributed by atoms with Gasteiger partial charge in [0.05, 0.1) is 6.42 Å². The van der Waals surface area contributed by atoms with E-state index in [9.17, 15) is 4.79 Å². The van der Waals surface area contributed by atoms with Crippen molar-refractivity contribution < 1.29 is 9.90 Å². The monoisotopic (exact) mass is 254 g/mol. The molecule has 0 unspecified atom stereocenters. The van der Waals surface area contributed by atoms with Crippen molar-refractivity contribution in [1.82, 2.24) is 0 Å². The molecule has 0 aliphatic carbocycles. The van der Waals surface area contributed by atoms with E-state index in [1.165, 1.54) is 5.56 Å². The fourth-order valence-electron chi connectivity index (χ4n) is 1.90. The van der Waals surface area contributed by atoms with Gasteiger partial charge in [0.1, 0.15) is 0 Å². The van der Waals surface area contributed by atoms with Crippen LogP contribution < -0.4 is 0 Å². The van der Waals surface area contributed by atoms with Crippen molar-refractivity contribution in [2.24, 2.45) is 0 Å². The van der Waals surface area contributed by atoms with E-state index < -0.39 is 5.97 Å². The Morgan fingerprint density at radius 1 is 1.06 bits per heavy atom. The predicted octanol–water partition coefficient (Wildman–Crippen LogP) is 3.66. The fraction of sp³-hybridized carbons (Fsp3) is 0.500. The van der Waals surface area contributed by atoms with E-state index >= 15 is 0 Å². The number of carboxylic acids is 1. The molecule has 0 heterocycles. The number of aliphatic carboxylic acids is 1. The lowest BCUT2D eigenvalue weighted by atomic mass is 9.99. The van der Waals surface area contributed by atoms with E-state index in [1.807, 2.05) is 24.3 Å². The Kier molecular flexibility index (Phi) is 6.71. The smallest absolute Gasteiger partial charge is 0.307 e. The highest BCUT2D eigenvalue weighted by Gasteiger charge is 2.05. The van der Waals surface area contributed by atoms with Crippen LogP contribution in [0, 0.1) is 0 Å². The second kappa shape index (κ2) is 8.13. The minimum Gasteiger partial charge on any atom is -0.481 e. The van der Waals surface area contributed by atoms with Gasteiger partial charge in [0, 0.05) is 5.88 Å². The molecule has 0 aliphatic heterocycles. The number of halogens is 1. The summed E-state index contributed by atoms with van der Waals surface area (Å²) in [6.45, 7) is 0. The van der Waals surface area contributed by atoms with Gasteiger partial charge in [-0.2, -0.15) is 0 Å².